The van der Waals surface area contributed by atoms with E-state index >= 15 is 0 Å². The topological polar surface area (TPSA) is 76.3 Å². The highest BCUT2D eigenvalue weighted by Gasteiger charge is 2.28. The molecule has 1 aliphatic rings. The van der Waals surface area contributed by atoms with E-state index in [2.05, 4.69) is 17.1 Å². The summed E-state index contributed by atoms with van der Waals surface area (Å²) in [4.78, 5) is 4.67. The van der Waals surface area contributed by atoms with Crippen LogP contribution >= 0.6 is 11.6 Å². The van der Waals surface area contributed by atoms with Gasteiger partial charge in [0.25, 0.3) is 5.89 Å². The molecule has 28 heavy (non-hydrogen) atoms. The van der Waals surface area contributed by atoms with Gasteiger partial charge in [-0.05, 0) is 61.2 Å². The Morgan fingerprint density at radius 2 is 1.79 bits per heavy atom. The minimum absolute atomic E-state index is 0.282. The predicted octanol–water partition coefficient (Wildman–Crippen LogP) is 4.48. The molecule has 146 valence electrons. The van der Waals surface area contributed by atoms with E-state index in [1.165, 1.54) is 0 Å². The first-order chi connectivity index (χ1) is 13.4. The van der Waals surface area contributed by atoms with Crippen LogP contribution in [0.3, 0.4) is 0 Å². The second-order valence-electron chi connectivity index (χ2n) is 7.04. The maximum atomic E-state index is 12.8. The van der Waals surface area contributed by atoms with Gasteiger partial charge in [-0.15, -0.1) is 0 Å². The van der Waals surface area contributed by atoms with Crippen LogP contribution in [-0.4, -0.2) is 36.0 Å². The quantitative estimate of drug-likeness (QED) is 0.625. The molecule has 0 amide bonds. The van der Waals surface area contributed by atoms with E-state index < -0.39 is 10.0 Å². The van der Waals surface area contributed by atoms with Gasteiger partial charge in [0.15, 0.2) is 0 Å². The average molecular weight is 418 g/mol. The van der Waals surface area contributed by atoms with Crippen molar-refractivity contribution < 1.29 is 12.9 Å². The van der Waals surface area contributed by atoms with Crippen molar-refractivity contribution in [2.45, 2.75) is 24.7 Å². The van der Waals surface area contributed by atoms with Crippen molar-refractivity contribution in [1.29, 1.82) is 0 Å². The summed E-state index contributed by atoms with van der Waals surface area (Å²) in [6, 6.07) is 13.7. The van der Waals surface area contributed by atoms with E-state index in [1.54, 1.807) is 40.7 Å². The van der Waals surface area contributed by atoms with Gasteiger partial charge in [-0.25, -0.2) is 8.42 Å². The van der Waals surface area contributed by atoms with Gasteiger partial charge in [0.1, 0.15) is 0 Å². The molecule has 8 heteroatoms. The van der Waals surface area contributed by atoms with Crippen molar-refractivity contribution in [3.05, 3.63) is 53.6 Å². The van der Waals surface area contributed by atoms with Gasteiger partial charge in [-0.2, -0.15) is 9.29 Å². The Labute approximate surface area is 169 Å². The number of hydrogen-bond donors (Lipinski definition) is 0. The van der Waals surface area contributed by atoms with E-state index in [9.17, 15) is 8.42 Å². The zero-order chi connectivity index (χ0) is 19.7. The summed E-state index contributed by atoms with van der Waals surface area (Å²) in [6.07, 6.45) is 1.79. The lowest BCUT2D eigenvalue weighted by molar-refractivity contribution is 0.288. The molecule has 3 aromatic rings. The Bertz CT molecular complexity index is 1070. The zero-order valence-corrected chi connectivity index (χ0v) is 16.9. The van der Waals surface area contributed by atoms with Crippen molar-refractivity contribution >= 4 is 21.6 Å². The maximum Gasteiger partial charge on any atom is 0.258 e. The van der Waals surface area contributed by atoms with Gasteiger partial charge in [-0.1, -0.05) is 29.7 Å². The largest absolute Gasteiger partial charge is 0.334 e. The van der Waals surface area contributed by atoms with Gasteiger partial charge in [0.05, 0.1) is 4.90 Å². The summed E-state index contributed by atoms with van der Waals surface area (Å²) in [5.74, 6) is 1.32. The third-order valence-corrected chi connectivity index (χ3v) is 7.14. The molecular formula is C20H20ClN3O3S. The number of hydrogen-bond acceptors (Lipinski definition) is 5. The third kappa shape index (κ3) is 3.83. The maximum absolute atomic E-state index is 12.8. The molecule has 1 saturated heterocycles. The minimum Gasteiger partial charge on any atom is -0.334 e. The highest BCUT2D eigenvalue weighted by atomic mass is 35.5. The molecule has 0 unspecified atom stereocenters. The Morgan fingerprint density at radius 1 is 1.07 bits per heavy atom. The molecule has 0 N–H and O–H groups in total. The summed E-state index contributed by atoms with van der Waals surface area (Å²) in [7, 11) is -3.47. The van der Waals surface area contributed by atoms with Gasteiger partial charge in [0.2, 0.25) is 15.8 Å². The average Bonchev–Trinajstić information content (AvgIpc) is 3.19. The van der Waals surface area contributed by atoms with Crippen molar-refractivity contribution in [3.8, 4) is 22.8 Å². The molecule has 1 fully saturated rings. The molecule has 0 atom stereocenters. The third-order valence-electron chi connectivity index (χ3n) is 4.99. The molecule has 1 aliphatic heterocycles. The summed E-state index contributed by atoms with van der Waals surface area (Å²) in [6.45, 7) is 3.29. The van der Waals surface area contributed by atoms with Crippen molar-refractivity contribution in [3.63, 3.8) is 0 Å². The first-order valence-corrected chi connectivity index (χ1v) is 11.0. The molecular weight excluding hydrogens is 398 g/mol. The standard InChI is InChI=1S/C20H20ClN3O3S/c1-14-9-11-24(12-10-14)28(25,26)18-7-5-15(6-8-18)19-22-20(27-23-19)16-3-2-4-17(21)13-16/h2-8,13-14H,9-12H2,1H3. The fraction of sp³-hybridized carbons (Fsp3) is 0.300. The first kappa shape index (κ1) is 19.1. The summed E-state index contributed by atoms with van der Waals surface area (Å²) >= 11 is 6.00. The Morgan fingerprint density at radius 3 is 2.46 bits per heavy atom. The number of piperidine rings is 1. The molecule has 0 saturated carbocycles. The van der Waals surface area contributed by atoms with E-state index in [-0.39, 0.29) is 4.90 Å². The zero-order valence-electron chi connectivity index (χ0n) is 15.4. The number of benzene rings is 2. The molecule has 2 aromatic carbocycles. The van der Waals surface area contributed by atoms with Crippen LogP contribution in [-0.2, 0) is 10.0 Å². The lowest BCUT2D eigenvalue weighted by atomic mass is 10.0. The molecule has 1 aromatic heterocycles. The van der Waals surface area contributed by atoms with Crippen LogP contribution in [0.2, 0.25) is 5.02 Å². The first-order valence-electron chi connectivity index (χ1n) is 9.14. The fourth-order valence-electron chi connectivity index (χ4n) is 3.23. The van der Waals surface area contributed by atoms with Crippen LogP contribution in [0.15, 0.2) is 57.9 Å². The van der Waals surface area contributed by atoms with Gasteiger partial charge < -0.3 is 4.52 Å². The summed E-state index contributed by atoms with van der Waals surface area (Å²) in [5, 5.41) is 4.58. The van der Waals surface area contributed by atoms with E-state index in [4.69, 9.17) is 16.1 Å². The van der Waals surface area contributed by atoms with E-state index in [0.717, 1.165) is 18.4 Å². The van der Waals surface area contributed by atoms with Crippen molar-refractivity contribution in [2.24, 2.45) is 5.92 Å². The van der Waals surface area contributed by atoms with E-state index in [1.807, 2.05) is 12.1 Å². The smallest absolute Gasteiger partial charge is 0.258 e. The summed E-state index contributed by atoms with van der Waals surface area (Å²) < 4.78 is 32.5. The Kier molecular flexibility index (Phi) is 5.23. The predicted molar refractivity (Wildman–Crippen MR) is 107 cm³/mol. The number of nitrogens with zero attached hydrogens (tertiary/aromatic N) is 3. The minimum atomic E-state index is -3.47. The monoisotopic (exact) mass is 417 g/mol. The van der Waals surface area contributed by atoms with Crippen LogP contribution in [0.25, 0.3) is 22.8 Å². The van der Waals surface area contributed by atoms with Crippen molar-refractivity contribution in [2.75, 3.05) is 13.1 Å². The SMILES string of the molecule is CC1CCN(S(=O)(=O)c2ccc(-c3noc(-c4cccc(Cl)c4)n3)cc2)CC1. The second-order valence-corrected chi connectivity index (χ2v) is 9.42. The van der Waals surface area contributed by atoms with Crippen molar-refractivity contribution in [1.82, 2.24) is 14.4 Å². The number of sulfonamides is 1. The van der Waals surface area contributed by atoms with Crippen LogP contribution < -0.4 is 0 Å². The number of rotatable bonds is 4. The number of aromatic nitrogens is 2. The van der Waals surface area contributed by atoms with Crippen LogP contribution in [0, 0.1) is 5.92 Å². The lowest BCUT2D eigenvalue weighted by Crippen LogP contribution is -2.37. The molecule has 0 spiro atoms. The normalized spacial score (nSPS) is 16.4. The summed E-state index contributed by atoms with van der Waals surface area (Å²) in [5.41, 5.74) is 1.41. The number of halogens is 1. The van der Waals surface area contributed by atoms with E-state index in [0.29, 0.717) is 41.3 Å². The van der Waals surface area contributed by atoms with Gasteiger partial charge >= 0.3 is 0 Å². The fourth-order valence-corrected chi connectivity index (χ4v) is 4.89. The molecule has 0 bridgehead atoms. The molecule has 6 nitrogen and oxygen atoms in total. The molecule has 4 rings (SSSR count). The van der Waals surface area contributed by atoms with Crippen LogP contribution in [0.4, 0.5) is 0 Å². The molecule has 0 aliphatic carbocycles. The Hall–Kier alpha value is -2.22. The van der Waals surface area contributed by atoms with Crippen LogP contribution in [0.1, 0.15) is 19.8 Å². The molecule has 2 heterocycles. The Balaban J connectivity index is 1.55. The second kappa shape index (κ2) is 7.66. The van der Waals surface area contributed by atoms with Gasteiger partial charge in [-0.3, -0.25) is 0 Å². The lowest BCUT2D eigenvalue weighted by Gasteiger charge is -2.29. The highest BCUT2D eigenvalue weighted by molar-refractivity contribution is 7.89. The highest BCUT2D eigenvalue weighted by Crippen LogP contribution is 2.27. The van der Waals surface area contributed by atoms with Gasteiger partial charge in [0, 0.05) is 29.2 Å². The van der Waals surface area contributed by atoms with Crippen LogP contribution in [0.5, 0.6) is 0 Å². The molecule has 0 radical (unpaired) electrons.